The van der Waals surface area contributed by atoms with E-state index in [0.717, 1.165) is 11.2 Å². The first-order valence-corrected chi connectivity index (χ1v) is 12.0. The first-order valence-electron chi connectivity index (χ1n) is 12.0. The molecule has 2 heteroatoms. The molecule has 0 atom stereocenters. The van der Waals surface area contributed by atoms with Crippen LogP contribution in [0.1, 0.15) is 5.56 Å². The van der Waals surface area contributed by atoms with Crippen molar-refractivity contribution in [1.29, 1.82) is 0 Å². The molecule has 35 heavy (non-hydrogen) atoms. The van der Waals surface area contributed by atoms with Gasteiger partial charge in [0, 0.05) is 38.3 Å². The number of aryl methyl sites for hydroxylation is 1. The van der Waals surface area contributed by atoms with Crippen molar-refractivity contribution in [3.05, 3.63) is 127 Å². The molecule has 0 fully saturated rings. The molecular formula is C33H24N2. The zero-order chi connectivity index (χ0) is 23.4. The van der Waals surface area contributed by atoms with Crippen molar-refractivity contribution in [2.75, 3.05) is 4.90 Å². The summed E-state index contributed by atoms with van der Waals surface area (Å²) in [6.07, 6.45) is 0. The van der Waals surface area contributed by atoms with Gasteiger partial charge in [-0.1, -0.05) is 84.4 Å². The minimum Gasteiger partial charge on any atom is -0.355 e. The van der Waals surface area contributed by atoms with E-state index in [9.17, 15) is 0 Å². The van der Waals surface area contributed by atoms with Gasteiger partial charge >= 0.3 is 0 Å². The highest BCUT2D eigenvalue weighted by molar-refractivity contribution is 6.10. The van der Waals surface area contributed by atoms with E-state index in [4.69, 9.17) is 0 Å². The molecule has 0 unspecified atom stereocenters. The molecule has 0 aliphatic rings. The topological polar surface area (TPSA) is 19.0 Å². The number of H-pyrrole nitrogens is 1. The smallest absolute Gasteiger partial charge is 0.0540 e. The van der Waals surface area contributed by atoms with Gasteiger partial charge in [0.1, 0.15) is 0 Å². The maximum absolute atomic E-state index is 3.59. The zero-order valence-electron chi connectivity index (χ0n) is 19.5. The van der Waals surface area contributed by atoms with Crippen molar-refractivity contribution in [2.45, 2.75) is 6.92 Å². The van der Waals surface area contributed by atoms with Gasteiger partial charge in [0.15, 0.2) is 0 Å². The van der Waals surface area contributed by atoms with Crippen molar-refractivity contribution >= 4 is 60.4 Å². The number of rotatable bonds is 3. The van der Waals surface area contributed by atoms with Gasteiger partial charge in [-0.05, 0) is 60.2 Å². The van der Waals surface area contributed by atoms with Crippen LogP contribution in [0.25, 0.3) is 43.4 Å². The number of anilines is 3. The Morgan fingerprint density at radius 3 is 1.69 bits per heavy atom. The van der Waals surface area contributed by atoms with E-state index < -0.39 is 0 Å². The highest BCUT2D eigenvalue weighted by atomic mass is 15.1. The average molecular weight is 449 g/mol. The summed E-state index contributed by atoms with van der Waals surface area (Å²) in [5.41, 5.74) is 7.09. The van der Waals surface area contributed by atoms with E-state index >= 15 is 0 Å². The summed E-state index contributed by atoms with van der Waals surface area (Å²) in [5.74, 6) is 0. The second-order valence-corrected chi connectivity index (χ2v) is 9.24. The lowest BCUT2D eigenvalue weighted by atomic mass is 10.0. The van der Waals surface area contributed by atoms with Crippen LogP contribution in [0.4, 0.5) is 17.1 Å². The Hall–Kier alpha value is -4.56. The van der Waals surface area contributed by atoms with E-state index in [0.29, 0.717) is 0 Å². The third kappa shape index (κ3) is 3.18. The molecule has 7 rings (SSSR count). The number of aromatic nitrogens is 1. The van der Waals surface area contributed by atoms with Gasteiger partial charge in [-0.3, -0.25) is 0 Å². The Morgan fingerprint density at radius 2 is 1.03 bits per heavy atom. The van der Waals surface area contributed by atoms with Gasteiger partial charge in [-0.25, -0.2) is 0 Å². The summed E-state index contributed by atoms with van der Waals surface area (Å²) in [6.45, 7) is 2.15. The summed E-state index contributed by atoms with van der Waals surface area (Å²) in [4.78, 5) is 6.01. The van der Waals surface area contributed by atoms with Gasteiger partial charge in [0.25, 0.3) is 0 Å². The Bertz CT molecular complexity index is 1790. The summed E-state index contributed by atoms with van der Waals surface area (Å²) in [7, 11) is 0. The molecule has 0 amide bonds. The average Bonchev–Trinajstić information content (AvgIpc) is 3.26. The lowest BCUT2D eigenvalue weighted by Crippen LogP contribution is -2.11. The predicted molar refractivity (Wildman–Crippen MR) is 150 cm³/mol. The normalized spacial score (nSPS) is 11.6. The molecule has 1 N–H and O–H groups in total. The third-order valence-corrected chi connectivity index (χ3v) is 7.01. The van der Waals surface area contributed by atoms with E-state index in [1.54, 1.807) is 0 Å². The van der Waals surface area contributed by atoms with Gasteiger partial charge in [0.05, 0.1) is 11.4 Å². The molecule has 166 valence electrons. The summed E-state index contributed by atoms with van der Waals surface area (Å²) >= 11 is 0. The SMILES string of the molecule is Cc1ccc2[nH]c3ccc(N(c4cccc5ccccc45)c4cccc5ccccc45)cc3c2c1. The van der Waals surface area contributed by atoms with Gasteiger partial charge in [-0.2, -0.15) is 0 Å². The molecule has 0 spiro atoms. The van der Waals surface area contributed by atoms with E-state index in [2.05, 4.69) is 138 Å². The van der Waals surface area contributed by atoms with Crippen LogP contribution in [-0.2, 0) is 0 Å². The second-order valence-electron chi connectivity index (χ2n) is 9.24. The minimum atomic E-state index is 1.15. The number of nitrogens with one attached hydrogen (secondary N) is 1. The molecule has 1 aromatic heterocycles. The van der Waals surface area contributed by atoms with Crippen molar-refractivity contribution in [3.63, 3.8) is 0 Å². The van der Waals surface area contributed by atoms with Crippen LogP contribution < -0.4 is 4.90 Å². The molecule has 0 saturated heterocycles. The number of hydrogen-bond acceptors (Lipinski definition) is 1. The highest BCUT2D eigenvalue weighted by Crippen LogP contribution is 2.43. The van der Waals surface area contributed by atoms with E-state index in [-0.39, 0.29) is 0 Å². The fourth-order valence-corrected chi connectivity index (χ4v) is 5.35. The molecule has 0 saturated carbocycles. The molecule has 1 heterocycles. The number of benzene rings is 6. The van der Waals surface area contributed by atoms with Crippen molar-refractivity contribution < 1.29 is 0 Å². The Kier molecular flexibility index (Phi) is 4.40. The van der Waals surface area contributed by atoms with Crippen LogP contribution in [-0.4, -0.2) is 4.98 Å². The number of hydrogen-bond donors (Lipinski definition) is 1. The number of aromatic amines is 1. The molecule has 0 aliphatic carbocycles. The first-order chi connectivity index (χ1) is 17.3. The largest absolute Gasteiger partial charge is 0.355 e. The predicted octanol–water partition coefficient (Wildman–Crippen LogP) is 9.41. The molecule has 0 bridgehead atoms. The van der Waals surface area contributed by atoms with Crippen molar-refractivity contribution in [2.24, 2.45) is 0 Å². The molecule has 2 nitrogen and oxygen atoms in total. The van der Waals surface area contributed by atoms with E-state index in [1.807, 2.05) is 0 Å². The zero-order valence-corrected chi connectivity index (χ0v) is 19.5. The fraction of sp³-hybridized carbons (Fsp3) is 0.0303. The maximum atomic E-state index is 3.59. The molecule has 0 radical (unpaired) electrons. The van der Waals surface area contributed by atoms with Crippen LogP contribution in [0.5, 0.6) is 0 Å². The standard InChI is InChI=1S/C33H24N2/c1-22-16-18-30-28(20-22)29-21-25(17-19-31(29)34-30)35(32-14-6-10-23-8-2-4-12-26(23)32)33-15-7-11-24-9-3-5-13-27(24)33/h2-21,34H,1H3. The summed E-state index contributed by atoms with van der Waals surface area (Å²) in [6, 6.07) is 43.8. The quantitative estimate of drug-likeness (QED) is 0.285. The number of fused-ring (bicyclic) bond motifs is 5. The molecular weight excluding hydrogens is 424 g/mol. The lowest BCUT2D eigenvalue weighted by Gasteiger charge is -2.28. The van der Waals surface area contributed by atoms with Crippen LogP contribution in [0.3, 0.4) is 0 Å². The van der Waals surface area contributed by atoms with Gasteiger partial charge < -0.3 is 9.88 Å². The third-order valence-electron chi connectivity index (χ3n) is 7.01. The summed E-state index contributed by atoms with van der Waals surface area (Å²) in [5, 5.41) is 7.44. The Labute approximate surface area is 204 Å². The Morgan fingerprint density at radius 1 is 0.486 bits per heavy atom. The number of nitrogens with zero attached hydrogens (tertiary/aromatic N) is 1. The molecule has 0 aliphatic heterocycles. The van der Waals surface area contributed by atoms with Crippen molar-refractivity contribution in [1.82, 2.24) is 4.98 Å². The van der Waals surface area contributed by atoms with Gasteiger partial charge in [0.2, 0.25) is 0 Å². The highest BCUT2D eigenvalue weighted by Gasteiger charge is 2.18. The summed E-state index contributed by atoms with van der Waals surface area (Å²) < 4.78 is 0. The van der Waals surface area contributed by atoms with Crippen LogP contribution >= 0.6 is 0 Å². The monoisotopic (exact) mass is 448 g/mol. The Balaban J connectivity index is 1.57. The van der Waals surface area contributed by atoms with E-state index in [1.165, 1.54) is 54.8 Å². The van der Waals surface area contributed by atoms with Gasteiger partial charge in [-0.15, -0.1) is 0 Å². The second kappa shape index (κ2) is 7.75. The van der Waals surface area contributed by atoms with Crippen LogP contribution in [0, 0.1) is 6.92 Å². The van der Waals surface area contributed by atoms with Crippen LogP contribution in [0.15, 0.2) is 121 Å². The van der Waals surface area contributed by atoms with Crippen molar-refractivity contribution in [3.8, 4) is 0 Å². The first kappa shape index (κ1) is 19.9. The lowest BCUT2D eigenvalue weighted by molar-refractivity contribution is 1.32. The van der Waals surface area contributed by atoms with Crippen LogP contribution in [0.2, 0.25) is 0 Å². The molecule has 7 aromatic rings. The molecule has 6 aromatic carbocycles. The maximum Gasteiger partial charge on any atom is 0.0540 e. The fourth-order valence-electron chi connectivity index (χ4n) is 5.35. The minimum absolute atomic E-state index is 1.15.